The third-order valence-corrected chi connectivity index (χ3v) is 6.00. The lowest BCUT2D eigenvalue weighted by Gasteiger charge is -2.20. The summed E-state index contributed by atoms with van der Waals surface area (Å²) in [4.78, 5) is 32.0. The van der Waals surface area contributed by atoms with E-state index in [1.807, 2.05) is 36.4 Å². The Labute approximate surface area is 190 Å². The van der Waals surface area contributed by atoms with E-state index in [1.165, 1.54) is 9.91 Å². The standard InChI is InChI=1S/C24H23N5O4/c1-4-15-9-11-16(12-10-15)29-23(30)20-21(24(29)31)28(27-26-20)13-18-14(2)33-22(25-18)17-7-5-6-8-19(17)32-3/h5-12,20-21H,4,13H2,1-3H3/t20-,21+/m0/s1. The van der Waals surface area contributed by atoms with Gasteiger partial charge in [-0.2, -0.15) is 5.11 Å². The van der Waals surface area contributed by atoms with Gasteiger partial charge in [-0.3, -0.25) is 14.6 Å². The first-order valence-electron chi connectivity index (χ1n) is 10.8. The molecule has 1 aromatic heterocycles. The highest BCUT2D eigenvalue weighted by Crippen LogP contribution is 2.35. The van der Waals surface area contributed by atoms with Crippen LogP contribution in [0.5, 0.6) is 5.75 Å². The molecule has 5 rings (SSSR count). The van der Waals surface area contributed by atoms with Gasteiger partial charge in [0.1, 0.15) is 17.2 Å². The Hall–Kier alpha value is -4.01. The lowest BCUT2D eigenvalue weighted by atomic mass is 10.1. The fourth-order valence-corrected chi connectivity index (χ4v) is 4.15. The van der Waals surface area contributed by atoms with Crippen molar-refractivity contribution >= 4 is 17.5 Å². The average molecular weight is 445 g/mol. The molecule has 9 heteroatoms. The molecule has 2 aliphatic heterocycles. The lowest BCUT2D eigenvalue weighted by Crippen LogP contribution is -2.39. The van der Waals surface area contributed by atoms with Gasteiger partial charge in [-0.1, -0.05) is 36.4 Å². The number of methoxy groups -OCH3 is 1. The van der Waals surface area contributed by atoms with E-state index in [4.69, 9.17) is 9.15 Å². The van der Waals surface area contributed by atoms with Crippen LogP contribution in [0.25, 0.3) is 11.5 Å². The molecule has 0 unspecified atom stereocenters. The molecule has 0 saturated carbocycles. The van der Waals surface area contributed by atoms with Crippen molar-refractivity contribution in [1.29, 1.82) is 0 Å². The third kappa shape index (κ3) is 3.45. The number of nitrogens with zero attached hydrogens (tertiary/aromatic N) is 5. The Morgan fingerprint density at radius 2 is 1.82 bits per heavy atom. The minimum Gasteiger partial charge on any atom is -0.496 e. The second-order valence-corrected chi connectivity index (χ2v) is 7.95. The summed E-state index contributed by atoms with van der Waals surface area (Å²) in [6, 6.07) is 13.2. The number of imide groups is 1. The average Bonchev–Trinajstić information content (AvgIpc) is 3.49. The van der Waals surface area contributed by atoms with Crippen molar-refractivity contribution in [1.82, 2.24) is 9.99 Å². The number of benzene rings is 2. The van der Waals surface area contributed by atoms with Crippen LogP contribution >= 0.6 is 0 Å². The van der Waals surface area contributed by atoms with Crippen molar-refractivity contribution in [2.75, 3.05) is 12.0 Å². The van der Waals surface area contributed by atoms with Crippen LogP contribution in [0.3, 0.4) is 0 Å². The van der Waals surface area contributed by atoms with Gasteiger partial charge in [0.05, 0.1) is 24.9 Å². The predicted octanol–water partition coefficient (Wildman–Crippen LogP) is 3.71. The monoisotopic (exact) mass is 445 g/mol. The van der Waals surface area contributed by atoms with Gasteiger partial charge >= 0.3 is 0 Å². The number of carbonyl (C=O) groups excluding carboxylic acids is 2. The van der Waals surface area contributed by atoms with Crippen LogP contribution in [-0.2, 0) is 22.6 Å². The summed E-state index contributed by atoms with van der Waals surface area (Å²) in [7, 11) is 1.59. The van der Waals surface area contributed by atoms with Gasteiger partial charge in [0.15, 0.2) is 12.1 Å². The van der Waals surface area contributed by atoms with E-state index in [9.17, 15) is 9.59 Å². The van der Waals surface area contributed by atoms with Crippen LogP contribution in [-0.4, -0.2) is 41.0 Å². The maximum Gasteiger partial charge on any atom is 0.263 e. The molecule has 3 aromatic rings. The fourth-order valence-electron chi connectivity index (χ4n) is 4.15. The molecule has 2 aliphatic rings. The number of amides is 2. The minimum atomic E-state index is -0.857. The number of hydrogen-bond acceptors (Lipinski definition) is 8. The lowest BCUT2D eigenvalue weighted by molar-refractivity contribution is -0.123. The van der Waals surface area contributed by atoms with Crippen molar-refractivity contribution in [3.05, 3.63) is 65.5 Å². The van der Waals surface area contributed by atoms with E-state index < -0.39 is 12.1 Å². The van der Waals surface area contributed by atoms with Gasteiger partial charge in [0.25, 0.3) is 11.8 Å². The highest BCUT2D eigenvalue weighted by Gasteiger charge is 2.54. The van der Waals surface area contributed by atoms with Crippen LogP contribution in [0.2, 0.25) is 0 Å². The first-order chi connectivity index (χ1) is 16.0. The smallest absolute Gasteiger partial charge is 0.263 e. The second kappa shape index (κ2) is 8.16. The topological polar surface area (TPSA) is 101 Å². The third-order valence-electron chi connectivity index (χ3n) is 6.00. The molecule has 2 aromatic carbocycles. The number of para-hydroxylation sites is 1. The Kier molecular flexibility index (Phi) is 5.16. The largest absolute Gasteiger partial charge is 0.496 e. The number of fused-ring (bicyclic) bond motifs is 1. The summed E-state index contributed by atoms with van der Waals surface area (Å²) >= 11 is 0. The first-order valence-corrected chi connectivity index (χ1v) is 10.8. The summed E-state index contributed by atoms with van der Waals surface area (Å²) in [5, 5.41) is 9.73. The zero-order valence-corrected chi connectivity index (χ0v) is 18.6. The number of rotatable bonds is 6. The van der Waals surface area contributed by atoms with Gasteiger partial charge in [-0.05, 0) is 43.2 Å². The number of oxazole rings is 1. The summed E-state index contributed by atoms with van der Waals surface area (Å²) in [6.45, 7) is 4.04. The molecule has 0 spiro atoms. The number of aromatic nitrogens is 1. The highest BCUT2D eigenvalue weighted by atomic mass is 16.5. The molecule has 2 atom stereocenters. The maximum atomic E-state index is 13.2. The van der Waals surface area contributed by atoms with Gasteiger partial charge in [-0.15, -0.1) is 0 Å². The zero-order chi connectivity index (χ0) is 23.1. The molecule has 0 aliphatic carbocycles. The molecule has 0 bridgehead atoms. The van der Waals surface area contributed by atoms with Crippen LogP contribution in [0.4, 0.5) is 5.69 Å². The van der Waals surface area contributed by atoms with Gasteiger partial charge in [0.2, 0.25) is 5.89 Å². The highest BCUT2D eigenvalue weighted by molar-refractivity contribution is 6.25. The molecule has 168 valence electrons. The quantitative estimate of drug-likeness (QED) is 0.536. The van der Waals surface area contributed by atoms with E-state index >= 15 is 0 Å². The van der Waals surface area contributed by atoms with Crippen molar-refractivity contribution in [3.8, 4) is 17.2 Å². The van der Waals surface area contributed by atoms with Crippen LogP contribution in [0, 0.1) is 6.92 Å². The molecule has 2 amide bonds. The van der Waals surface area contributed by atoms with Crippen molar-refractivity contribution < 1.29 is 18.7 Å². The Balaban J connectivity index is 1.39. The molecule has 9 nitrogen and oxygen atoms in total. The summed E-state index contributed by atoms with van der Waals surface area (Å²) in [5.41, 5.74) is 3.01. The van der Waals surface area contributed by atoms with E-state index in [0.717, 1.165) is 17.5 Å². The molecular formula is C24H23N5O4. The fraction of sp³-hybridized carbons (Fsp3) is 0.292. The van der Waals surface area contributed by atoms with Gasteiger partial charge in [0, 0.05) is 0 Å². The Bertz CT molecular complexity index is 1250. The van der Waals surface area contributed by atoms with Crippen LogP contribution < -0.4 is 9.64 Å². The zero-order valence-electron chi connectivity index (χ0n) is 18.6. The predicted molar refractivity (Wildman–Crippen MR) is 120 cm³/mol. The SMILES string of the molecule is CCc1ccc(N2C(=O)[C@H]3N=NN(Cc4nc(-c5ccccc5OC)oc4C)[C@H]3C2=O)cc1. The van der Waals surface area contributed by atoms with Crippen LogP contribution in [0.1, 0.15) is 23.9 Å². The number of anilines is 1. The number of hydrogen-bond donors (Lipinski definition) is 0. The molecule has 0 N–H and O–H groups in total. The van der Waals surface area contributed by atoms with Crippen molar-refractivity contribution in [3.63, 3.8) is 0 Å². The first kappa shape index (κ1) is 20.9. The number of ether oxygens (including phenoxy) is 1. The van der Waals surface area contributed by atoms with E-state index in [-0.39, 0.29) is 18.4 Å². The molecule has 1 saturated heterocycles. The molecule has 0 radical (unpaired) electrons. The normalized spacial score (nSPS) is 19.5. The Morgan fingerprint density at radius 3 is 2.55 bits per heavy atom. The van der Waals surface area contributed by atoms with Crippen LogP contribution in [0.15, 0.2) is 63.3 Å². The van der Waals surface area contributed by atoms with E-state index in [0.29, 0.717) is 28.8 Å². The van der Waals surface area contributed by atoms with E-state index in [2.05, 4.69) is 22.2 Å². The molecule has 3 heterocycles. The van der Waals surface area contributed by atoms with Gasteiger partial charge < -0.3 is 9.15 Å². The minimum absolute atomic E-state index is 0.191. The number of carbonyl (C=O) groups is 2. The van der Waals surface area contributed by atoms with Crippen molar-refractivity contribution in [2.24, 2.45) is 10.3 Å². The molecule has 33 heavy (non-hydrogen) atoms. The second-order valence-electron chi connectivity index (χ2n) is 7.95. The van der Waals surface area contributed by atoms with Crippen molar-refractivity contribution in [2.45, 2.75) is 38.9 Å². The summed E-state index contributed by atoms with van der Waals surface area (Å²) in [6.07, 6.45) is 0.878. The summed E-state index contributed by atoms with van der Waals surface area (Å²) in [5.74, 6) is 0.947. The molecule has 1 fully saturated rings. The maximum absolute atomic E-state index is 13.2. The van der Waals surface area contributed by atoms with E-state index in [1.54, 1.807) is 26.2 Å². The number of aryl methyl sites for hydroxylation is 2. The molecular weight excluding hydrogens is 422 g/mol. The summed E-state index contributed by atoms with van der Waals surface area (Å²) < 4.78 is 11.3. The van der Waals surface area contributed by atoms with Gasteiger partial charge in [-0.25, -0.2) is 9.88 Å². The Morgan fingerprint density at radius 1 is 1.06 bits per heavy atom.